The number of fused-ring (bicyclic) bond motifs is 4. The van der Waals surface area contributed by atoms with Crippen LogP contribution in [0.15, 0.2) is 138 Å². The maximum absolute atomic E-state index is 13.8. The molecule has 4 amide bonds. The van der Waals surface area contributed by atoms with Crippen molar-refractivity contribution in [2.45, 2.75) is 162 Å². The number of benzene rings is 4. The fraction of sp³-hybridized carbons (Fsp3) is 0.416. The molecule has 0 spiro atoms. The lowest BCUT2D eigenvalue weighted by Gasteiger charge is -2.37. The van der Waals surface area contributed by atoms with Gasteiger partial charge in [0.15, 0.2) is 34.4 Å². The van der Waals surface area contributed by atoms with Crippen LogP contribution in [0.3, 0.4) is 0 Å². The standard InChI is InChI=1S/C23H30N6O4.C21H24N6O3.C18H22N6O2.C16H23N5O3.C8H11BO3.C3H3ClO/c1-14-8-9-15(11-17(14)32-5)28-18-19(24)25-13-26-20(18)29(21(28)30)16-7-6-10-27(12-16)22(31)33-23(2,3)4;1-4-17(28)25-9-5-6-15(11-25)27-20-18(19(22)23-12-24-20)26(21(27)29)14-8-7-13(2)16(10-14)30-3;1-11-5-6-12(8-14(11)26-2)23-15-16(19)21-10-22-17(15)24(18(23)25)13-4-3-7-20-9-13;1-16(2,3)24-15(23)20-6-4-5-10(8-20)21-12(22)7-11-13(17)18-9-19-14(11)21;1-6-3-4-7(9(10)11)5-8(6)12-2;1-2-3(4)5/h8-9,11,13,16H,6-7,10,12H2,1-5H3,(H2,24,25,26);4,7-8,10,12,15H,1,5-6,9,11H2,2-3H3,(H2,22,23,24);5-6,8,10,13,20H,3-4,7,9H2,1-2H3,(H2,19,21,22);9-10H,4-8H2,1-3H3,(H2,17,18,19);3-5,10-11H,1-2H3;2H,1H2/t16-;15-;13-;10-;;/m1111../s1. The minimum atomic E-state index is -1.43. The van der Waals surface area contributed by atoms with E-state index in [2.05, 4.69) is 58.3 Å². The van der Waals surface area contributed by atoms with Gasteiger partial charge in [0, 0.05) is 69.6 Å². The zero-order valence-electron chi connectivity index (χ0n) is 75.6. The Morgan fingerprint density at radius 1 is 0.485 bits per heavy atom. The second-order valence-corrected chi connectivity index (χ2v) is 33.9. The number of carbonyl (C=O) groups excluding carboxylic acids is 5. The Morgan fingerprint density at radius 2 is 0.838 bits per heavy atom. The van der Waals surface area contributed by atoms with Crippen LogP contribution < -0.4 is 74.6 Å². The van der Waals surface area contributed by atoms with Crippen molar-refractivity contribution in [3.05, 3.63) is 183 Å². The van der Waals surface area contributed by atoms with Crippen LogP contribution in [0.4, 0.5) is 38.7 Å². The quantitative estimate of drug-likeness (QED) is 0.0306. The molecule has 0 unspecified atom stereocenters. The van der Waals surface area contributed by atoms with Crippen molar-refractivity contribution in [2.75, 3.05) is 109 Å². The molecule has 16 rings (SSSR count). The van der Waals surface area contributed by atoms with Gasteiger partial charge >= 0.3 is 36.4 Å². The van der Waals surface area contributed by atoms with E-state index in [1.54, 1.807) is 96.6 Å². The van der Waals surface area contributed by atoms with Gasteiger partial charge in [0.25, 0.3) is 0 Å². The lowest BCUT2D eigenvalue weighted by Crippen LogP contribution is -2.52. The summed E-state index contributed by atoms with van der Waals surface area (Å²) in [6.07, 6.45) is 13.9. The van der Waals surface area contributed by atoms with Gasteiger partial charge in [-0.05, 0) is 203 Å². The number of allylic oxidation sites excluding steroid dienone is 1. The molecule has 12 heterocycles. The Labute approximate surface area is 755 Å². The number of likely N-dealkylation sites (tertiary alicyclic amines) is 3. The lowest BCUT2D eigenvalue weighted by molar-refractivity contribution is -0.127. The molecular formula is C89H113BClN23O16. The number of methoxy groups -OCH3 is 4. The molecule has 4 aromatic carbocycles. The van der Waals surface area contributed by atoms with E-state index < -0.39 is 23.6 Å². The average Bonchev–Trinajstić information content (AvgIpc) is 1.59. The van der Waals surface area contributed by atoms with E-state index in [-0.39, 0.29) is 89.1 Å². The molecule has 0 saturated carbocycles. The average molecular weight is 1810 g/mol. The van der Waals surface area contributed by atoms with E-state index in [1.165, 1.54) is 40.5 Å². The third-order valence-corrected chi connectivity index (χ3v) is 22.5. The Balaban J connectivity index is 0.000000159. The summed E-state index contributed by atoms with van der Waals surface area (Å²) in [7, 11) is 4.91. The first-order chi connectivity index (χ1) is 61.8. The molecule has 11 aromatic rings. The van der Waals surface area contributed by atoms with Crippen LogP contribution in [0.5, 0.6) is 23.0 Å². The minimum Gasteiger partial charge on any atom is -0.497 e. The number of nitrogen functional groups attached to an aromatic ring is 4. The number of anilines is 5. The zero-order chi connectivity index (χ0) is 94.5. The van der Waals surface area contributed by atoms with Crippen molar-refractivity contribution in [3.63, 3.8) is 0 Å². The summed E-state index contributed by atoms with van der Waals surface area (Å²) in [6, 6.07) is 21.2. The summed E-state index contributed by atoms with van der Waals surface area (Å²) < 4.78 is 41.9. The summed E-state index contributed by atoms with van der Waals surface area (Å²) in [4.78, 5) is 140. The summed E-state index contributed by atoms with van der Waals surface area (Å²) in [6.45, 7) is 30.1. The number of piperidine rings is 4. The fourth-order valence-corrected chi connectivity index (χ4v) is 16.1. The van der Waals surface area contributed by atoms with Gasteiger partial charge in [0.1, 0.15) is 87.7 Å². The van der Waals surface area contributed by atoms with Crippen LogP contribution in [0.25, 0.3) is 50.6 Å². The topological polar surface area (TPSA) is 494 Å². The first-order valence-corrected chi connectivity index (χ1v) is 42.7. The normalized spacial score (nSPS) is 16.6. The number of amides is 4. The van der Waals surface area contributed by atoms with Crippen LogP contribution in [-0.4, -0.2) is 226 Å². The fourth-order valence-electron chi connectivity index (χ4n) is 16.1. The van der Waals surface area contributed by atoms with E-state index in [9.17, 15) is 38.4 Å². The number of halogens is 1. The van der Waals surface area contributed by atoms with Gasteiger partial charge in [-0.15, -0.1) is 0 Å². The molecule has 5 aliphatic rings. The number of ether oxygens (including phenoxy) is 6. The lowest BCUT2D eigenvalue weighted by atomic mass is 9.80. The Kier molecular flexibility index (Phi) is 31.3. The van der Waals surface area contributed by atoms with Crippen molar-refractivity contribution in [2.24, 2.45) is 0 Å². The number of aryl methyl sites for hydroxylation is 4. The van der Waals surface area contributed by atoms with E-state index in [0.29, 0.717) is 135 Å². The predicted molar refractivity (Wildman–Crippen MR) is 496 cm³/mol. The predicted octanol–water partition coefficient (Wildman–Crippen LogP) is 8.26. The maximum Gasteiger partial charge on any atom is 0.488 e. The van der Waals surface area contributed by atoms with Gasteiger partial charge < -0.3 is 81.4 Å². The number of hydrogen-bond acceptors (Lipinski definition) is 29. The van der Waals surface area contributed by atoms with Crippen LogP contribution in [0, 0.1) is 27.7 Å². The van der Waals surface area contributed by atoms with Crippen molar-refractivity contribution in [3.8, 4) is 40.1 Å². The van der Waals surface area contributed by atoms with E-state index in [0.717, 1.165) is 92.8 Å². The van der Waals surface area contributed by atoms with Crippen molar-refractivity contribution >= 4 is 116 Å². The summed E-state index contributed by atoms with van der Waals surface area (Å²) in [5.74, 6) is 4.13. The van der Waals surface area contributed by atoms with Gasteiger partial charge in [-0.3, -0.25) is 46.7 Å². The second kappa shape index (κ2) is 42.0. The molecule has 11 N–H and O–H groups in total. The Hall–Kier alpha value is -13.7. The molecule has 690 valence electrons. The largest absolute Gasteiger partial charge is 0.497 e. The third kappa shape index (κ3) is 22.0. The van der Waals surface area contributed by atoms with Crippen molar-refractivity contribution < 1.29 is 62.4 Å². The highest BCUT2D eigenvalue weighted by Crippen LogP contribution is 2.37. The SMILES string of the molecule is C=CC(=O)Cl.C=CC(=O)N1CCC[C@@H](n2c(=O)n(-c3ccc(C)c(OC)c3)c3c(N)ncnc32)C1.CC(C)(C)OC(=O)N1CCC[C@@H](N2C(=O)Cc3c(N)ncnc32)C1.COc1cc(-n2c(=O)n([C@@H]3CCCN(C(=O)OC(C)(C)C)C3)c3ncnc(N)c32)ccc1C.COc1cc(-n2c(=O)n([C@@H]3CCCNC3)c3ncnc(N)c32)ccc1C.COc1cc(B(O)O)ccc1C. The van der Waals surface area contributed by atoms with E-state index in [1.807, 2.05) is 112 Å². The Bertz CT molecular complexity index is 6210. The van der Waals surface area contributed by atoms with E-state index in [4.69, 9.17) is 73.0 Å². The smallest absolute Gasteiger partial charge is 0.488 e. The van der Waals surface area contributed by atoms with Crippen LogP contribution in [-0.2, 0) is 30.3 Å². The highest BCUT2D eigenvalue weighted by atomic mass is 35.5. The molecule has 4 fully saturated rings. The summed E-state index contributed by atoms with van der Waals surface area (Å²) >= 11 is 4.71. The summed E-state index contributed by atoms with van der Waals surface area (Å²) in [5.41, 5.74) is 32.3. The molecular weight excluding hydrogens is 1690 g/mol. The number of aromatic nitrogens is 14. The van der Waals surface area contributed by atoms with Gasteiger partial charge in [0.2, 0.25) is 17.1 Å². The molecule has 130 heavy (non-hydrogen) atoms. The highest BCUT2D eigenvalue weighted by molar-refractivity contribution is 6.66. The number of hydrogen-bond donors (Lipinski definition) is 7. The molecule has 5 aliphatic heterocycles. The molecule has 0 bridgehead atoms. The molecule has 4 atom stereocenters. The molecule has 0 radical (unpaired) electrons. The van der Waals surface area contributed by atoms with E-state index >= 15 is 0 Å². The molecule has 41 heteroatoms. The van der Waals surface area contributed by atoms with Gasteiger partial charge in [-0.1, -0.05) is 43.5 Å². The number of rotatable bonds is 14. The molecule has 0 aliphatic carbocycles. The first-order valence-electron chi connectivity index (χ1n) is 42.3. The zero-order valence-corrected chi connectivity index (χ0v) is 76.3. The highest BCUT2D eigenvalue weighted by Gasteiger charge is 2.41. The van der Waals surface area contributed by atoms with Crippen molar-refractivity contribution in [1.29, 1.82) is 0 Å². The van der Waals surface area contributed by atoms with Crippen LogP contribution in [0.2, 0.25) is 0 Å². The third-order valence-electron chi connectivity index (χ3n) is 22.4. The number of nitrogens with one attached hydrogen (secondary N) is 1. The van der Waals surface area contributed by atoms with Gasteiger partial charge in [0.05, 0.1) is 76.1 Å². The minimum absolute atomic E-state index is 0.0432. The van der Waals surface area contributed by atoms with Gasteiger partial charge in [-0.2, -0.15) is 0 Å². The molecule has 7 aromatic heterocycles. The summed E-state index contributed by atoms with van der Waals surface area (Å²) in [5, 5.41) is 20.5. The monoisotopic (exact) mass is 1810 g/mol. The first kappa shape index (κ1) is 96.9. The van der Waals surface area contributed by atoms with Crippen molar-refractivity contribution in [1.82, 2.24) is 87.3 Å². The van der Waals surface area contributed by atoms with Crippen LogP contribution >= 0.6 is 11.6 Å². The number of nitrogens with zero attached hydrogens (tertiary/aromatic N) is 18. The maximum atomic E-state index is 13.8. The Morgan fingerprint density at radius 3 is 1.22 bits per heavy atom. The van der Waals surface area contributed by atoms with Crippen LogP contribution in [0.1, 0.15) is 139 Å². The number of carbonyl (C=O) groups is 5. The second-order valence-electron chi connectivity index (χ2n) is 33.6. The number of nitrogens with two attached hydrogens (primary N) is 4. The molecule has 39 nitrogen and oxygen atoms in total. The van der Waals surface area contributed by atoms with Gasteiger partial charge in [-0.25, -0.2) is 63.8 Å². The number of imidazole rings is 3. The molecule has 4 saturated heterocycles.